The van der Waals surface area contributed by atoms with Crippen molar-refractivity contribution in [3.63, 3.8) is 0 Å². The molecule has 7 nitrogen and oxygen atoms in total. The standard InChI is InChI=1S/C10H21N7/c1-4-5-6-7-12-8-13-9(16-11)15-10(14-8)17(2)3/h4-7,11H2,1-3H3,(H2,12,13,14,15,16). The van der Waals surface area contributed by atoms with Gasteiger partial charge in [0.2, 0.25) is 17.8 Å². The maximum Gasteiger partial charge on any atom is 0.243 e. The fourth-order valence-corrected chi connectivity index (χ4v) is 1.28. The smallest absolute Gasteiger partial charge is 0.243 e. The molecule has 1 rings (SSSR count). The fourth-order valence-electron chi connectivity index (χ4n) is 1.28. The van der Waals surface area contributed by atoms with Crippen molar-refractivity contribution < 1.29 is 0 Å². The van der Waals surface area contributed by atoms with Gasteiger partial charge in [-0.2, -0.15) is 15.0 Å². The summed E-state index contributed by atoms with van der Waals surface area (Å²) in [4.78, 5) is 14.3. The molecule has 0 unspecified atom stereocenters. The van der Waals surface area contributed by atoms with Crippen molar-refractivity contribution in [2.45, 2.75) is 26.2 Å². The number of aromatic nitrogens is 3. The van der Waals surface area contributed by atoms with Crippen LogP contribution in [0.15, 0.2) is 0 Å². The molecule has 96 valence electrons. The number of nitrogen functional groups attached to an aromatic ring is 1. The molecule has 1 aromatic rings. The first-order valence-electron chi connectivity index (χ1n) is 5.81. The summed E-state index contributed by atoms with van der Waals surface area (Å²) in [5.41, 5.74) is 2.44. The lowest BCUT2D eigenvalue weighted by atomic mass is 10.2. The fraction of sp³-hybridized carbons (Fsp3) is 0.700. The van der Waals surface area contributed by atoms with Crippen LogP contribution >= 0.6 is 0 Å². The van der Waals surface area contributed by atoms with Crippen LogP contribution in [-0.4, -0.2) is 35.6 Å². The third kappa shape index (κ3) is 4.39. The minimum Gasteiger partial charge on any atom is -0.354 e. The largest absolute Gasteiger partial charge is 0.354 e. The molecule has 1 heterocycles. The zero-order valence-electron chi connectivity index (χ0n) is 10.7. The van der Waals surface area contributed by atoms with E-state index in [-0.39, 0.29) is 0 Å². The lowest BCUT2D eigenvalue weighted by Crippen LogP contribution is -2.19. The number of hydrogen-bond donors (Lipinski definition) is 3. The van der Waals surface area contributed by atoms with Crippen molar-refractivity contribution >= 4 is 17.8 Å². The molecule has 1 aromatic heterocycles. The molecular formula is C10H21N7. The number of nitrogens with zero attached hydrogens (tertiary/aromatic N) is 4. The first kappa shape index (κ1) is 13.4. The Hall–Kier alpha value is -1.63. The molecule has 0 saturated carbocycles. The molecule has 0 spiro atoms. The van der Waals surface area contributed by atoms with Gasteiger partial charge >= 0.3 is 0 Å². The molecule has 0 bridgehead atoms. The Balaban J connectivity index is 2.66. The molecule has 0 aliphatic heterocycles. The summed E-state index contributed by atoms with van der Waals surface area (Å²) in [6.45, 7) is 3.03. The van der Waals surface area contributed by atoms with Crippen LogP contribution in [0.4, 0.5) is 17.8 Å². The maximum absolute atomic E-state index is 5.32. The van der Waals surface area contributed by atoms with Crippen LogP contribution in [0.25, 0.3) is 0 Å². The Kier molecular flexibility index (Phi) is 5.41. The molecule has 0 aliphatic carbocycles. The number of hydrazine groups is 1. The Morgan fingerprint density at radius 3 is 2.41 bits per heavy atom. The average molecular weight is 239 g/mol. The first-order valence-corrected chi connectivity index (χ1v) is 5.81. The normalized spacial score (nSPS) is 10.1. The Bertz CT molecular complexity index is 339. The molecule has 0 radical (unpaired) electrons. The second kappa shape index (κ2) is 6.85. The number of nitrogens with one attached hydrogen (secondary N) is 2. The molecular weight excluding hydrogens is 218 g/mol. The maximum atomic E-state index is 5.32. The zero-order chi connectivity index (χ0) is 12.7. The monoisotopic (exact) mass is 239 g/mol. The van der Waals surface area contributed by atoms with Gasteiger partial charge in [0.05, 0.1) is 0 Å². The molecule has 0 aromatic carbocycles. The van der Waals surface area contributed by atoms with Crippen molar-refractivity contribution in [1.82, 2.24) is 15.0 Å². The van der Waals surface area contributed by atoms with Crippen molar-refractivity contribution in [3.8, 4) is 0 Å². The quantitative estimate of drug-likeness (QED) is 0.368. The summed E-state index contributed by atoms with van der Waals surface area (Å²) in [7, 11) is 3.74. The predicted octanol–water partition coefficient (Wildman–Crippen LogP) is 0.825. The van der Waals surface area contributed by atoms with Crippen LogP contribution in [-0.2, 0) is 0 Å². The van der Waals surface area contributed by atoms with Crippen molar-refractivity contribution in [1.29, 1.82) is 0 Å². The third-order valence-electron chi connectivity index (χ3n) is 2.22. The summed E-state index contributed by atoms with van der Waals surface area (Å²) in [6.07, 6.45) is 3.49. The van der Waals surface area contributed by atoms with Crippen LogP contribution in [0.1, 0.15) is 26.2 Å². The van der Waals surface area contributed by atoms with Gasteiger partial charge in [0.25, 0.3) is 0 Å². The van der Waals surface area contributed by atoms with Gasteiger partial charge in [-0.25, -0.2) is 5.84 Å². The van der Waals surface area contributed by atoms with Crippen LogP contribution < -0.4 is 21.5 Å². The lowest BCUT2D eigenvalue weighted by Gasteiger charge is -2.13. The minimum atomic E-state index is 0.363. The summed E-state index contributed by atoms with van der Waals surface area (Å²) >= 11 is 0. The van der Waals surface area contributed by atoms with Gasteiger partial charge in [-0.1, -0.05) is 19.8 Å². The number of rotatable bonds is 7. The summed E-state index contributed by atoms with van der Waals surface area (Å²) < 4.78 is 0. The van der Waals surface area contributed by atoms with Crippen LogP contribution in [0.3, 0.4) is 0 Å². The van der Waals surface area contributed by atoms with E-state index in [0.29, 0.717) is 17.8 Å². The van der Waals surface area contributed by atoms with Gasteiger partial charge in [0.1, 0.15) is 0 Å². The van der Waals surface area contributed by atoms with E-state index in [0.717, 1.165) is 13.0 Å². The lowest BCUT2D eigenvalue weighted by molar-refractivity contribution is 0.739. The van der Waals surface area contributed by atoms with Gasteiger partial charge < -0.3 is 10.2 Å². The molecule has 0 aliphatic rings. The Morgan fingerprint density at radius 1 is 1.12 bits per heavy atom. The van der Waals surface area contributed by atoms with E-state index < -0.39 is 0 Å². The average Bonchev–Trinajstić information content (AvgIpc) is 2.34. The van der Waals surface area contributed by atoms with E-state index in [1.165, 1.54) is 12.8 Å². The molecule has 4 N–H and O–H groups in total. The highest BCUT2D eigenvalue weighted by Gasteiger charge is 2.06. The second-order valence-corrected chi connectivity index (χ2v) is 3.96. The highest BCUT2D eigenvalue weighted by molar-refractivity contribution is 5.42. The Morgan fingerprint density at radius 2 is 1.82 bits per heavy atom. The van der Waals surface area contributed by atoms with Gasteiger partial charge in [-0.3, -0.25) is 5.43 Å². The Labute approximate surface area is 102 Å². The van der Waals surface area contributed by atoms with E-state index >= 15 is 0 Å². The number of unbranched alkanes of at least 4 members (excludes halogenated alkanes) is 2. The van der Waals surface area contributed by atoms with Gasteiger partial charge in [0.15, 0.2) is 0 Å². The zero-order valence-corrected chi connectivity index (χ0v) is 10.7. The molecule has 17 heavy (non-hydrogen) atoms. The summed E-state index contributed by atoms with van der Waals surface area (Å²) in [5, 5.41) is 3.16. The SMILES string of the molecule is CCCCCNc1nc(NN)nc(N(C)C)n1. The van der Waals surface area contributed by atoms with Crippen molar-refractivity contribution in [2.24, 2.45) is 5.84 Å². The van der Waals surface area contributed by atoms with Crippen LogP contribution in [0.2, 0.25) is 0 Å². The number of anilines is 3. The van der Waals surface area contributed by atoms with E-state index in [2.05, 4.69) is 32.6 Å². The number of hydrogen-bond acceptors (Lipinski definition) is 7. The number of nitrogens with two attached hydrogens (primary N) is 1. The minimum absolute atomic E-state index is 0.363. The van der Waals surface area contributed by atoms with E-state index in [1.54, 1.807) is 4.90 Å². The van der Waals surface area contributed by atoms with Gasteiger partial charge in [-0.05, 0) is 6.42 Å². The van der Waals surface area contributed by atoms with Crippen LogP contribution in [0.5, 0.6) is 0 Å². The van der Waals surface area contributed by atoms with E-state index in [1.807, 2.05) is 14.1 Å². The molecule has 7 heteroatoms. The van der Waals surface area contributed by atoms with Gasteiger partial charge in [-0.15, -0.1) is 0 Å². The summed E-state index contributed by atoms with van der Waals surface area (Å²) in [5.74, 6) is 6.80. The first-order chi connectivity index (χ1) is 8.17. The molecule has 0 saturated heterocycles. The van der Waals surface area contributed by atoms with Crippen LogP contribution in [0, 0.1) is 0 Å². The predicted molar refractivity (Wildman–Crippen MR) is 70.0 cm³/mol. The topological polar surface area (TPSA) is 92.0 Å². The van der Waals surface area contributed by atoms with Crippen molar-refractivity contribution in [3.05, 3.63) is 0 Å². The van der Waals surface area contributed by atoms with Gasteiger partial charge in [0, 0.05) is 20.6 Å². The molecule has 0 atom stereocenters. The molecule has 0 fully saturated rings. The highest BCUT2D eigenvalue weighted by atomic mass is 15.4. The highest BCUT2D eigenvalue weighted by Crippen LogP contribution is 2.10. The second-order valence-electron chi connectivity index (χ2n) is 3.96. The third-order valence-corrected chi connectivity index (χ3v) is 2.22. The summed E-state index contributed by atoms with van der Waals surface area (Å²) in [6, 6.07) is 0. The van der Waals surface area contributed by atoms with E-state index in [4.69, 9.17) is 5.84 Å². The van der Waals surface area contributed by atoms with E-state index in [9.17, 15) is 0 Å². The van der Waals surface area contributed by atoms with Crippen molar-refractivity contribution in [2.75, 3.05) is 36.3 Å². The molecule has 0 amide bonds.